The molecule has 1 aliphatic rings. The maximum atomic E-state index is 6.00. The zero-order chi connectivity index (χ0) is 7.84. The van der Waals surface area contributed by atoms with Crippen molar-refractivity contribution in [3.63, 3.8) is 0 Å². The summed E-state index contributed by atoms with van der Waals surface area (Å²) in [4.78, 5) is 0. The van der Waals surface area contributed by atoms with E-state index in [0.717, 1.165) is 35.8 Å². The lowest BCUT2D eigenvalue weighted by Crippen LogP contribution is -1.94. The summed E-state index contributed by atoms with van der Waals surface area (Å²) in [6.45, 7) is 0.992. The SMILES string of the molecule is ClCc1nn2c(c1Cl)CCC2. The fourth-order valence-electron chi connectivity index (χ4n) is 1.44. The molecule has 60 valence electrons. The molecular formula is C7H8Cl2N2. The maximum absolute atomic E-state index is 6.00. The third-order valence-electron chi connectivity index (χ3n) is 1.97. The average molecular weight is 191 g/mol. The van der Waals surface area contributed by atoms with Crippen molar-refractivity contribution < 1.29 is 0 Å². The van der Waals surface area contributed by atoms with E-state index in [1.54, 1.807) is 0 Å². The second-order valence-corrected chi connectivity index (χ2v) is 3.31. The number of hydrogen-bond acceptors (Lipinski definition) is 1. The van der Waals surface area contributed by atoms with Gasteiger partial charge < -0.3 is 0 Å². The predicted octanol–water partition coefficient (Wildman–Crippen LogP) is 2.22. The van der Waals surface area contributed by atoms with Crippen LogP contribution in [0.3, 0.4) is 0 Å². The Morgan fingerprint density at radius 3 is 3.00 bits per heavy atom. The Labute approximate surface area is 75.1 Å². The van der Waals surface area contributed by atoms with Crippen molar-refractivity contribution >= 4 is 23.2 Å². The minimum atomic E-state index is 0.416. The number of rotatable bonds is 1. The lowest BCUT2D eigenvalue weighted by atomic mass is 10.3. The van der Waals surface area contributed by atoms with E-state index >= 15 is 0 Å². The highest BCUT2D eigenvalue weighted by Crippen LogP contribution is 2.27. The van der Waals surface area contributed by atoms with Crippen molar-refractivity contribution in [2.24, 2.45) is 0 Å². The molecule has 2 rings (SSSR count). The van der Waals surface area contributed by atoms with Crippen LogP contribution in [0.1, 0.15) is 17.8 Å². The van der Waals surface area contributed by atoms with Gasteiger partial charge in [-0.1, -0.05) is 11.6 Å². The van der Waals surface area contributed by atoms with Gasteiger partial charge in [0.15, 0.2) is 0 Å². The van der Waals surface area contributed by atoms with Gasteiger partial charge in [0.1, 0.15) is 0 Å². The molecule has 1 aromatic heterocycles. The first-order valence-corrected chi connectivity index (χ1v) is 4.54. The summed E-state index contributed by atoms with van der Waals surface area (Å²) in [5, 5.41) is 5.04. The van der Waals surface area contributed by atoms with Crippen LogP contribution in [-0.2, 0) is 18.8 Å². The number of nitrogens with zero attached hydrogens (tertiary/aromatic N) is 2. The van der Waals surface area contributed by atoms with Crippen LogP contribution in [0.2, 0.25) is 5.02 Å². The number of hydrogen-bond donors (Lipinski definition) is 0. The van der Waals surface area contributed by atoms with Gasteiger partial charge in [-0.25, -0.2) is 0 Å². The van der Waals surface area contributed by atoms with Crippen LogP contribution in [0.25, 0.3) is 0 Å². The van der Waals surface area contributed by atoms with E-state index in [-0.39, 0.29) is 0 Å². The van der Waals surface area contributed by atoms with Gasteiger partial charge in [0.2, 0.25) is 0 Å². The first-order valence-electron chi connectivity index (χ1n) is 3.63. The van der Waals surface area contributed by atoms with Crippen LogP contribution in [-0.4, -0.2) is 9.78 Å². The molecule has 0 aromatic carbocycles. The smallest absolute Gasteiger partial charge is 0.0961 e. The van der Waals surface area contributed by atoms with Crippen molar-refractivity contribution in [1.82, 2.24) is 9.78 Å². The van der Waals surface area contributed by atoms with E-state index in [2.05, 4.69) is 5.10 Å². The molecule has 0 N–H and O–H groups in total. The Morgan fingerprint density at radius 2 is 2.36 bits per heavy atom. The molecule has 0 bridgehead atoms. The van der Waals surface area contributed by atoms with Crippen LogP contribution >= 0.6 is 23.2 Å². The molecule has 0 fully saturated rings. The van der Waals surface area contributed by atoms with E-state index < -0.39 is 0 Å². The number of aromatic nitrogens is 2. The molecule has 2 nitrogen and oxygen atoms in total. The van der Waals surface area contributed by atoms with Gasteiger partial charge in [0.05, 0.1) is 22.3 Å². The third kappa shape index (κ3) is 1.05. The van der Waals surface area contributed by atoms with Gasteiger partial charge >= 0.3 is 0 Å². The van der Waals surface area contributed by atoms with Crippen LogP contribution < -0.4 is 0 Å². The molecule has 1 aliphatic heterocycles. The largest absolute Gasteiger partial charge is 0.268 e. The van der Waals surface area contributed by atoms with Crippen LogP contribution in [0, 0.1) is 0 Å². The van der Waals surface area contributed by atoms with Gasteiger partial charge in [-0.2, -0.15) is 5.10 Å². The number of aryl methyl sites for hydroxylation is 1. The summed E-state index contributed by atoms with van der Waals surface area (Å²) in [5.74, 6) is 0.416. The molecule has 1 aromatic rings. The number of halogens is 2. The Kier molecular flexibility index (Phi) is 1.81. The maximum Gasteiger partial charge on any atom is 0.0961 e. The van der Waals surface area contributed by atoms with E-state index in [1.165, 1.54) is 0 Å². The molecule has 0 saturated carbocycles. The van der Waals surface area contributed by atoms with Gasteiger partial charge in [-0.3, -0.25) is 4.68 Å². The zero-order valence-corrected chi connectivity index (χ0v) is 7.49. The molecule has 2 heterocycles. The highest BCUT2D eigenvalue weighted by atomic mass is 35.5. The monoisotopic (exact) mass is 190 g/mol. The van der Waals surface area contributed by atoms with E-state index in [1.807, 2.05) is 4.68 Å². The third-order valence-corrected chi connectivity index (χ3v) is 2.66. The zero-order valence-electron chi connectivity index (χ0n) is 5.98. The summed E-state index contributed by atoms with van der Waals surface area (Å²) in [5.41, 5.74) is 1.98. The minimum absolute atomic E-state index is 0.416. The van der Waals surface area contributed by atoms with Crippen LogP contribution in [0.4, 0.5) is 0 Å². The summed E-state index contributed by atoms with van der Waals surface area (Å²) in [6, 6.07) is 0. The predicted molar refractivity (Wildman–Crippen MR) is 45.1 cm³/mol. The van der Waals surface area contributed by atoms with Gasteiger partial charge in [0, 0.05) is 6.54 Å². The molecule has 0 unspecified atom stereocenters. The summed E-state index contributed by atoms with van der Waals surface area (Å²) in [7, 11) is 0. The van der Waals surface area contributed by atoms with Crippen LogP contribution in [0.15, 0.2) is 0 Å². The van der Waals surface area contributed by atoms with Gasteiger partial charge in [-0.05, 0) is 12.8 Å². The van der Waals surface area contributed by atoms with Crippen molar-refractivity contribution in [1.29, 1.82) is 0 Å². The van der Waals surface area contributed by atoms with Crippen molar-refractivity contribution in [2.75, 3.05) is 0 Å². The minimum Gasteiger partial charge on any atom is -0.268 e. The highest BCUT2D eigenvalue weighted by Gasteiger charge is 2.19. The molecule has 4 heteroatoms. The second kappa shape index (κ2) is 2.68. The van der Waals surface area contributed by atoms with E-state index in [4.69, 9.17) is 23.2 Å². The van der Waals surface area contributed by atoms with Crippen molar-refractivity contribution in [3.05, 3.63) is 16.4 Å². The van der Waals surface area contributed by atoms with E-state index in [9.17, 15) is 0 Å². The molecule has 0 atom stereocenters. The molecular weight excluding hydrogens is 183 g/mol. The number of fused-ring (bicyclic) bond motifs is 1. The van der Waals surface area contributed by atoms with E-state index in [0.29, 0.717) is 5.88 Å². The molecule has 0 radical (unpaired) electrons. The van der Waals surface area contributed by atoms with Crippen molar-refractivity contribution in [2.45, 2.75) is 25.3 Å². The molecule has 0 spiro atoms. The fourth-order valence-corrected chi connectivity index (χ4v) is 1.99. The average Bonchev–Trinajstić information content (AvgIpc) is 2.53. The quantitative estimate of drug-likeness (QED) is 0.622. The normalized spacial score (nSPS) is 15.5. The first kappa shape index (κ1) is 7.44. The Morgan fingerprint density at radius 1 is 1.55 bits per heavy atom. The van der Waals surface area contributed by atoms with Gasteiger partial charge in [0.25, 0.3) is 0 Å². The molecule has 0 aliphatic carbocycles. The topological polar surface area (TPSA) is 17.8 Å². The van der Waals surface area contributed by atoms with Crippen molar-refractivity contribution in [3.8, 4) is 0 Å². The Hall–Kier alpha value is -0.210. The Balaban J connectivity index is 2.49. The summed E-state index contributed by atoms with van der Waals surface area (Å²) >= 11 is 11.6. The molecule has 0 saturated heterocycles. The number of alkyl halides is 1. The standard InChI is InChI=1S/C7H8Cl2N2/c8-4-5-7(9)6-2-1-3-11(6)10-5/h1-4H2. The highest BCUT2D eigenvalue weighted by molar-refractivity contribution is 6.32. The Bertz CT molecular complexity index is 279. The fraction of sp³-hybridized carbons (Fsp3) is 0.571. The first-order chi connectivity index (χ1) is 5.33. The molecule has 0 amide bonds. The summed E-state index contributed by atoms with van der Waals surface area (Å²) in [6.07, 6.45) is 2.20. The van der Waals surface area contributed by atoms with Gasteiger partial charge in [-0.15, -0.1) is 11.6 Å². The summed E-state index contributed by atoms with van der Waals surface area (Å²) < 4.78 is 1.96. The second-order valence-electron chi connectivity index (χ2n) is 2.67. The molecule has 11 heavy (non-hydrogen) atoms. The lowest BCUT2D eigenvalue weighted by Gasteiger charge is -1.89. The lowest BCUT2D eigenvalue weighted by molar-refractivity contribution is 0.649. The van der Waals surface area contributed by atoms with Crippen LogP contribution in [0.5, 0.6) is 0 Å².